The van der Waals surface area contributed by atoms with E-state index in [1.54, 1.807) is 72.8 Å². The highest BCUT2D eigenvalue weighted by atomic mass is 79.9. The number of ether oxygens (including phenoxy) is 4. The van der Waals surface area contributed by atoms with E-state index in [2.05, 4.69) is 26.6 Å². The summed E-state index contributed by atoms with van der Waals surface area (Å²) in [6.07, 6.45) is 1.22. The summed E-state index contributed by atoms with van der Waals surface area (Å²) in [5.41, 5.74) is 7.66. The molecule has 0 fully saturated rings. The second kappa shape index (κ2) is 14.3. The summed E-state index contributed by atoms with van der Waals surface area (Å²) < 4.78 is 23.7. The molecule has 0 radical (unpaired) electrons. The van der Waals surface area contributed by atoms with Crippen LogP contribution in [0.2, 0.25) is 0 Å². The zero-order valence-corrected chi connectivity index (χ0v) is 25.0. The van der Waals surface area contributed by atoms with Crippen molar-refractivity contribution in [3.05, 3.63) is 113 Å². The van der Waals surface area contributed by atoms with Crippen molar-refractivity contribution >= 4 is 45.0 Å². The highest BCUT2D eigenvalue weighted by Crippen LogP contribution is 2.37. The first-order valence-electron chi connectivity index (χ1n) is 13.7. The fourth-order valence-corrected chi connectivity index (χ4v) is 4.89. The van der Waals surface area contributed by atoms with Gasteiger partial charge in [0.05, 0.1) is 11.4 Å². The molecule has 1 heterocycles. The van der Waals surface area contributed by atoms with E-state index in [1.807, 2.05) is 18.2 Å². The van der Waals surface area contributed by atoms with Crippen molar-refractivity contribution in [1.29, 1.82) is 0 Å². The number of anilines is 3. The molecule has 0 bridgehead atoms. The fourth-order valence-electron chi connectivity index (χ4n) is 4.51. The lowest BCUT2D eigenvalue weighted by atomic mass is 9.99. The van der Waals surface area contributed by atoms with Gasteiger partial charge in [-0.3, -0.25) is 10.1 Å². The number of carbonyl (C=O) groups excluding carboxylic acids is 2. The summed E-state index contributed by atoms with van der Waals surface area (Å²) in [5, 5.41) is 16.3. The van der Waals surface area contributed by atoms with Gasteiger partial charge in [-0.25, -0.2) is 4.79 Å². The molecule has 0 spiro atoms. The summed E-state index contributed by atoms with van der Waals surface area (Å²) in [7, 11) is 0. The number of nitrogens with one attached hydrogen (secondary N) is 2. The Labute approximate surface area is 262 Å². The normalized spacial score (nSPS) is 13.2. The third kappa shape index (κ3) is 8.01. The standard InChI is InChI=1S/C33H30BrN3O7/c34-21-14-16-27(38)24(18-21)32(44-33(40)36-22-15-17-28-30(19-22)42-20-41-28)29(43-23-8-2-1-3-9-23)12-6-7-13-31(39)37-26-11-5-4-10-25(26)35/h1-5,7-11,13-19,29,32,38H,6,12,20,35H2,(H,36,40)(H,37,39)/b13-7+/t29-,32-/m1/s1. The van der Waals surface area contributed by atoms with Gasteiger partial charge in [0.25, 0.3) is 0 Å². The number of nitrogens with two attached hydrogens (primary N) is 1. The number of hydrogen-bond acceptors (Lipinski definition) is 8. The maximum atomic E-state index is 13.2. The van der Waals surface area contributed by atoms with E-state index in [-0.39, 0.29) is 18.4 Å². The molecule has 0 aromatic heterocycles. The molecule has 1 aliphatic heterocycles. The SMILES string of the molecule is Nc1ccccc1NC(=O)/C=C/CC[C@@H](Oc1ccccc1)[C@H](OC(=O)Nc1ccc2c(c1)OCO2)c1cc(Br)ccc1O. The van der Waals surface area contributed by atoms with E-state index < -0.39 is 18.3 Å². The lowest BCUT2D eigenvalue weighted by Gasteiger charge is -2.28. The molecule has 2 amide bonds. The van der Waals surface area contributed by atoms with Crippen LogP contribution in [0.3, 0.4) is 0 Å². The van der Waals surface area contributed by atoms with E-state index >= 15 is 0 Å². The van der Waals surface area contributed by atoms with Crippen molar-refractivity contribution < 1.29 is 33.6 Å². The molecule has 226 valence electrons. The number of phenolic OH excluding ortho intramolecular Hbond substituents is 1. The molecule has 0 unspecified atom stereocenters. The van der Waals surface area contributed by atoms with Crippen LogP contribution in [0.15, 0.2) is 108 Å². The van der Waals surface area contributed by atoms with Crippen LogP contribution >= 0.6 is 15.9 Å². The molecule has 1 aliphatic rings. The van der Waals surface area contributed by atoms with Crippen molar-refractivity contribution in [3.63, 3.8) is 0 Å². The number of phenols is 1. The summed E-state index contributed by atoms with van der Waals surface area (Å²) in [4.78, 5) is 25.7. The van der Waals surface area contributed by atoms with Gasteiger partial charge in [0, 0.05) is 21.8 Å². The number of aromatic hydroxyl groups is 1. The summed E-state index contributed by atoms with van der Waals surface area (Å²) >= 11 is 3.44. The molecule has 2 atom stereocenters. The largest absolute Gasteiger partial charge is 0.508 e. The van der Waals surface area contributed by atoms with Crippen molar-refractivity contribution in [2.24, 2.45) is 0 Å². The summed E-state index contributed by atoms with van der Waals surface area (Å²) in [5.74, 6) is 1.19. The van der Waals surface area contributed by atoms with Gasteiger partial charge in [-0.1, -0.05) is 52.3 Å². The predicted octanol–water partition coefficient (Wildman–Crippen LogP) is 7.18. The Bertz CT molecular complexity index is 1650. The minimum Gasteiger partial charge on any atom is -0.508 e. The quantitative estimate of drug-likeness (QED) is 0.0980. The smallest absolute Gasteiger partial charge is 0.412 e. The number of allylic oxidation sites excluding steroid dienone is 1. The Morgan fingerprint density at radius 1 is 0.955 bits per heavy atom. The molecule has 4 aromatic rings. The number of nitrogen functional groups attached to an aromatic ring is 1. The van der Waals surface area contributed by atoms with Crippen LogP contribution in [0.25, 0.3) is 0 Å². The molecule has 4 aromatic carbocycles. The molecule has 44 heavy (non-hydrogen) atoms. The number of fused-ring (bicyclic) bond motifs is 1. The van der Waals surface area contributed by atoms with Gasteiger partial charge in [-0.15, -0.1) is 0 Å². The maximum absolute atomic E-state index is 13.2. The minimum atomic E-state index is -1.05. The number of hydrogen-bond donors (Lipinski definition) is 4. The molecule has 11 heteroatoms. The maximum Gasteiger partial charge on any atom is 0.412 e. The summed E-state index contributed by atoms with van der Waals surface area (Å²) in [6.45, 7) is 0.0996. The van der Waals surface area contributed by atoms with Crippen LogP contribution in [0.5, 0.6) is 23.0 Å². The Morgan fingerprint density at radius 2 is 1.73 bits per heavy atom. The second-order valence-corrected chi connectivity index (χ2v) is 10.7. The van der Waals surface area contributed by atoms with Gasteiger partial charge in [-0.2, -0.15) is 0 Å². The van der Waals surface area contributed by atoms with Crippen LogP contribution in [0.4, 0.5) is 21.9 Å². The van der Waals surface area contributed by atoms with Gasteiger partial charge in [0.1, 0.15) is 17.6 Å². The lowest BCUT2D eigenvalue weighted by Crippen LogP contribution is -2.31. The first-order chi connectivity index (χ1) is 21.4. The van der Waals surface area contributed by atoms with Crippen molar-refractivity contribution in [3.8, 4) is 23.0 Å². The van der Waals surface area contributed by atoms with E-state index in [4.69, 9.17) is 24.7 Å². The van der Waals surface area contributed by atoms with Gasteiger partial charge in [0.2, 0.25) is 12.7 Å². The Balaban J connectivity index is 1.36. The highest BCUT2D eigenvalue weighted by Gasteiger charge is 2.31. The van der Waals surface area contributed by atoms with Gasteiger partial charge in [0.15, 0.2) is 17.6 Å². The van der Waals surface area contributed by atoms with Crippen LogP contribution in [-0.2, 0) is 9.53 Å². The molecule has 0 aliphatic carbocycles. The second-order valence-electron chi connectivity index (χ2n) is 9.75. The molecule has 5 N–H and O–H groups in total. The Kier molecular flexibility index (Phi) is 9.88. The fraction of sp³-hybridized carbons (Fsp3) is 0.152. The number of benzene rings is 4. The van der Waals surface area contributed by atoms with Crippen LogP contribution in [0, 0.1) is 0 Å². The molecular weight excluding hydrogens is 630 g/mol. The predicted molar refractivity (Wildman–Crippen MR) is 170 cm³/mol. The third-order valence-electron chi connectivity index (χ3n) is 6.62. The molecule has 0 saturated carbocycles. The number of rotatable bonds is 11. The monoisotopic (exact) mass is 659 g/mol. The van der Waals surface area contributed by atoms with E-state index in [0.717, 1.165) is 0 Å². The van der Waals surface area contributed by atoms with E-state index in [1.165, 1.54) is 12.1 Å². The zero-order chi connectivity index (χ0) is 30.9. The molecule has 0 saturated heterocycles. The van der Waals surface area contributed by atoms with Gasteiger partial charge in [-0.05, 0) is 73.5 Å². The van der Waals surface area contributed by atoms with Crippen molar-refractivity contribution in [1.82, 2.24) is 0 Å². The molecule has 5 rings (SSSR count). The molecular formula is C33H30BrN3O7. The average molecular weight is 661 g/mol. The number of carbonyl (C=O) groups is 2. The minimum absolute atomic E-state index is 0.0777. The lowest BCUT2D eigenvalue weighted by molar-refractivity contribution is -0.111. The van der Waals surface area contributed by atoms with Crippen LogP contribution in [0.1, 0.15) is 24.5 Å². The van der Waals surface area contributed by atoms with E-state index in [9.17, 15) is 14.7 Å². The summed E-state index contributed by atoms with van der Waals surface area (Å²) in [6, 6.07) is 25.9. The van der Waals surface area contributed by atoms with Crippen molar-refractivity contribution in [2.75, 3.05) is 23.2 Å². The number of para-hydroxylation sites is 3. The Hall–Kier alpha value is -5.16. The average Bonchev–Trinajstić information content (AvgIpc) is 3.49. The van der Waals surface area contributed by atoms with Crippen LogP contribution in [-0.4, -0.2) is 30.0 Å². The zero-order valence-electron chi connectivity index (χ0n) is 23.4. The first kappa shape index (κ1) is 30.3. The number of halogens is 1. The van der Waals surface area contributed by atoms with E-state index in [0.29, 0.717) is 57.2 Å². The Morgan fingerprint density at radius 3 is 2.55 bits per heavy atom. The first-order valence-corrected chi connectivity index (χ1v) is 14.5. The van der Waals surface area contributed by atoms with Crippen LogP contribution < -0.4 is 30.6 Å². The van der Waals surface area contributed by atoms with Gasteiger partial charge < -0.3 is 35.1 Å². The highest BCUT2D eigenvalue weighted by molar-refractivity contribution is 9.10. The number of amides is 2. The third-order valence-corrected chi connectivity index (χ3v) is 7.12. The molecule has 10 nitrogen and oxygen atoms in total. The topological polar surface area (TPSA) is 141 Å². The van der Waals surface area contributed by atoms with Crippen molar-refractivity contribution in [2.45, 2.75) is 25.0 Å². The van der Waals surface area contributed by atoms with Gasteiger partial charge >= 0.3 is 6.09 Å².